The molecular weight excluding hydrogens is 302 g/mol. The van der Waals surface area contributed by atoms with Crippen molar-refractivity contribution < 1.29 is 9.63 Å². The second-order valence-electron chi connectivity index (χ2n) is 6.15. The molecule has 126 valence electrons. The van der Waals surface area contributed by atoms with Crippen molar-refractivity contribution >= 4 is 11.6 Å². The highest BCUT2D eigenvalue weighted by Gasteiger charge is 2.25. The van der Waals surface area contributed by atoms with Crippen molar-refractivity contribution in [2.24, 2.45) is 5.92 Å². The molecule has 0 bridgehead atoms. The van der Waals surface area contributed by atoms with E-state index in [9.17, 15) is 4.79 Å². The van der Waals surface area contributed by atoms with Crippen molar-refractivity contribution in [2.45, 2.75) is 19.8 Å². The van der Waals surface area contributed by atoms with Crippen LogP contribution in [0.15, 0.2) is 42.7 Å². The molecule has 0 aliphatic carbocycles. The fraction of sp³-hybridized carbons (Fsp3) is 0.368. The highest BCUT2D eigenvalue weighted by molar-refractivity contribution is 5.94. The van der Waals surface area contributed by atoms with Gasteiger partial charge in [-0.05, 0) is 43.0 Å². The summed E-state index contributed by atoms with van der Waals surface area (Å²) in [7, 11) is 1.67. The van der Waals surface area contributed by atoms with Crippen LogP contribution in [0, 0.1) is 12.8 Å². The fourth-order valence-electron chi connectivity index (χ4n) is 3.01. The van der Waals surface area contributed by atoms with Gasteiger partial charge in [-0.1, -0.05) is 18.2 Å². The van der Waals surface area contributed by atoms with Crippen LogP contribution in [-0.2, 0) is 9.63 Å². The average molecular weight is 325 g/mol. The number of carbonyl (C=O) groups excluding carboxylic acids is 1. The summed E-state index contributed by atoms with van der Waals surface area (Å²) in [6.07, 6.45) is 5.23. The summed E-state index contributed by atoms with van der Waals surface area (Å²) < 4.78 is 0. The summed E-state index contributed by atoms with van der Waals surface area (Å²) in [5.41, 5.74) is 4.03. The topological polar surface area (TPSA) is 54.5 Å². The average Bonchev–Trinajstić information content (AvgIpc) is 2.64. The second kappa shape index (κ2) is 7.55. The van der Waals surface area contributed by atoms with Crippen LogP contribution < -0.4 is 5.32 Å². The van der Waals surface area contributed by atoms with Crippen LogP contribution in [0.3, 0.4) is 0 Å². The number of hydroxylamine groups is 2. The summed E-state index contributed by atoms with van der Waals surface area (Å²) in [6, 6.07) is 10.0. The van der Waals surface area contributed by atoms with E-state index in [0.29, 0.717) is 0 Å². The van der Waals surface area contributed by atoms with Gasteiger partial charge in [0.2, 0.25) is 5.91 Å². The summed E-state index contributed by atoms with van der Waals surface area (Å²) in [6.45, 7) is 3.60. The van der Waals surface area contributed by atoms with E-state index in [1.54, 1.807) is 13.3 Å². The molecule has 1 N–H and O–H groups in total. The minimum absolute atomic E-state index is 0.0397. The van der Waals surface area contributed by atoms with E-state index in [-0.39, 0.29) is 11.8 Å². The first-order valence-electron chi connectivity index (χ1n) is 8.28. The second-order valence-corrected chi connectivity index (χ2v) is 6.15. The molecule has 0 spiro atoms. The van der Waals surface area contributed by atoms with E-state index in [1.807, 2.05) is 42.4 Å². The first-order chi connectivity index (χ1) is 11.7. The van der Waals surface area contributed by atoms with Gasteiger partial charge >= 0.3 is 0 Å². The third-order valence-electron chi connectivity index (χ3n) is 4.57. The minimum atomic E-state index is 0.0397. The maximum atomic E-state index is 12.6. The third-order valence-corrected chi connectivity index (χ3v) is 4.57. The third kappa shape index (κ3) is 3.80. The Morgan fingerprint density at radius 2 is 2.04 bits per heavy atom. The molecule has 1 aliphatic rings. The largest absolute Gasteiger partial charge is 0.326 e. The van der Waals surface area contributed by atoms with Crippen molar-refractivity contribution in [3.05, 3.63) is 48.3 Å². The van der Waals surface area contributed by atoms with E-state index < -0.39 is 0 Å². The molecule has 0 radical (unpaired) electrons. The number of pyridine rings is 1. The number of amides is 1. The first kappa shape index (κ1) is 16.6. The number of hydrogen-bond acceptors (Lipinski definition) is 4. The highest BCUT2D eigenvalue weighted by Crippen LogP contribution is 2.26. The summed E-state index contributed by atoms with van der Waals surface area (Å²) in [5.74, 6) is 0.134. The molecule has 1 aliphatic heterocycles. The SMILES string of the molecule is CON1CCC(C(=O)Nc2cc(-c3cccnc3)ccc2C)CC1. The Hall–Kier alpha value is -2.24. The summed E-state index contributed by atoms with van der Waals surface area (Å²) in [5, 5.41) is 5.01. The van der Waals surface area contributed by atoms with Crippen molar-refractivity contribution in [3.8, 4) is 11.1 Å². The number of nitrogens with zero attached hydrogens (tertiary/aromatic N) is 2. The smallest absolute Gasteiger partial charge is 0.227 e. The number of nitrogens with one attached hydrogen (secondary N) is 1. The molecule has 1 fully saturated rings. The zero-order valence-corrected chi connectivity index (χ0v) is 14.2. The molecule has 1 aromatic heterocycles. The number of aryl methyl sites for hydroxylation is 1. The van der Waals surface area contributed by atoms with Gasteiger partial charge in [0, 0.05) is 42.7 Å². The maximum Gasteiger partial charge on any atom is 0.227 e. The number of piperidine rings is 1. The van der Waals surface area contributed by atoms with Crippen molar-refractivity contribution in [3.63, 3.8) is 0 Å². The zero-order chi connectivity index (χ0) is 16.9. The molecule has 1 saturated heterocycles. The Kier molecular flexibility index (Phi) is 5.23. The van der Waals surface area contributed by atoms with Gasteiger partial charge in [-0.3, -0.25) is 9.78 Å². The van der Waals surface area contributed by atoms with Gasteiger partial charge in [0.1, 0.15) is 0 Å². The summed E-state index contributed by atoms with van der Waals surface area (Å²) >= 11 is 0. The van der Waals surface area contributed by atoms with Gasteiger partial charge in [-0.15, -0.1) is 0 Å². The number of carbonyl (C=O) groups is 1. The normalized spacial score (nSPS) is 16.1. The Morgan fingerprint density at radius 3 is 2.71 bits per heavy atom. The number of benzene rings is 1. The molecule has 5 nitrogen and oxygen atoms in total. The maximum absolute atomic E-state index is 12.6. The van der Waals surface area contributed by atoms with Gasteiger partial charge in [0.05, 0.1) is 7.11 Å². The molecule has 5 heteroatoms. The van der Waals surface area contributed by atoms with E-state index in [2.05, 4.69) is 16.4 Å². The van der Waals surface area contributed by atoms with E-state index in [1.165, 1.54) is 0 Å². The number of rotatable bonds is 4. The molecule has 0 unspecified atom stereocenters. The highest BCUT2D eigenvalue weighted by atomic mass is 16.7. The van der Waals surface area contributed by atoms with Gasteiger partial charge in [0.15, 0.2) is 0 Å². The molecule has 2 heterocycles. The van der Waals surface area contributed by atoms with Crippen LogP contribution in [0.5, 0.6) is 0 Å². The number of anilines is 1. The van der Waals surface area contributed by atoms with Crippen LogP contribution in [-0.4, -0.2) is 36.2 Å². The van der Waals surface area contributed by atoms with Crippen LogP contribution in [0.4, 0.5) is 5.69 Å². The predicted octanol–water partition coefficient (Wildman–Crippen LogP) is 3.27. The lowest BCUT2D eigenvalue weighted by atomic mass is 9.96. The standard InChI is InChI=1S/C19H23N3O2/c1-14-5-6-16(17-4-3-9-20-13-17)12-18(14)21-19(23)15-7-10-22(24-2)11-8-15/h3-6,9,12-13,15H,7-8,10-11H2,1-2H3,(H,21,23). The van der Waals surface area contributed by atoms with E-state index in [4.69, 9.17) is 4.84 Å². The summed E-state index contributed by atoms with van der Waals surface area (Å²) in [4.78, 5) is 22.0. The lowest BCUT2D eigenvalue weighted by Crippen LogP contribution is -2.37. The van der Waals surface area contributed by atoms with Crippen LogP contribution in [0.25, 0.3) is 11.1 Å². The quantitative estimate of drug-likeness (QED) is 0.937. The lowest BCUT2D eigenvalue weighted by molar-refractivity contribution is -0.152. The van der Waals surface area contributed by atoms with Gasteiger partial charge in [-0.25, -0.2) is 0 Å². The molecule has 0 atom stereocenters. The van der Waals surface area contributed by atoms with Gasteiger partial charge < -0.3 is 10.2 Å². The van der Waals surface area contributed by atoms with E-state index >= 15 is 0 Å². The van der Waals surface area contributed by atoms with Crippen molar-refractivity contribution in [1.29, 1.82) is 0 Å². The molecular formula is C19H23N3O2. The van der Waals surface area contributed by atoms with Crippen LogP contribution in [0.1, 0.15) is 18.4 Å². The molecule has 1 aromatic carbocycles. The van der Waals surface area contributed by atoms with Crippen molar-refractivity contribution in [1.82, 2.24) is 10.0 Å². The van der Waals surface area contributed by atoms with Crippen LogP contribution in [0.2, 0.25) is 0 Å². The molecule has 24 heavy (non-hydrogen) atoms. The Bertz CT molecular complexity index is 695. The fourth-order valence-corrected chi connectivity index (χ4v) is 3.01. The Labute approximate surface area is 142 Å². The first-order valence-corrected chi connectivity index (χ1v) is 8.28. The minimum Gasteiger partial charge on any atom is -0.326 e. The van der Waals surface area contributed by atoms with Crippen molar-refractivity contribution in [2.75, 3.05) is 25.5 Å². The Balaban J connectivity index is 1.72. The molecule has 0 saturated carbocycles. The monoisotopic (exact) mass is 325 g/mol. The zero-order valence-electron chi connectivity index (χ0n) is 14.2. The number of hydrogen-bond donors (Lipinski definition) is 1. The number of aromatic nitrogens is 1. The molecule has 1 amide bonds. The van der Waals surface area contributed by atoms with Gasteiger partial charge in [-0.2, -0.15) is 5.06 Å². The Morgan fingerprint density at radius 1 is 1.25 bits per heavy atom. The van der Waals surface area contributed by atoms with Crippen LogP contribution >= 0.6 is 0 Å². The predicted molar refractivity (Wildman–Crippen MR) is 94.3 cm³/mol. The lowest BCUT2D eigenvalue weighted by Gasteiger charge is -2.29. The molecule has 2 aromatic rings. The van der Waals surface area contributed by atoms with Gasteiger partial charge in [0.25, 0.3) is 0 Å². The van der Waals surface area contributed by atoms with E-state index in [0.717, 1.165) is 48.3 Å². The molecule has 3 rings (SSSR count).